The van der Waals surface area contributed by atoms with Crippen molar-refractivity contribution in [1.29, 1.82) is 0 Å². The van der Waals surface area contributed by atoms with Crippen molar-refractivity contribution in [3.05, 3.63) is 33.9 Å². The van der Waals surface area contributed by atoms with Gasteiger partial charge in [-0.2, -0.15) is 0 Å². The normalized spacial score (nSPS) is 14.5. The predicted molar refractivity (Wildman–Crippen MR) is 145 cm³/mol. The lowest BCUT2D eigenvalue weighted by atomic mass is 9.99. The highest BCUT2D eigenvalue weighted by Crippen LogP contribution is 2.39. The number of halogens is 1. The fraction of sp³-hybridized carbons (Fsp3) is 0.654. The van der Waals surface area contributed by atoms with E-state index in [9.17, 15) is 4.79 Å². The number of hydrogen-bond donors (Lipinski definition) is 1. The molecule has 0 spiro atoms. The molecule has 1 aromatic heterocycles. The van der Waals surface area contributed by atoms with Gasteiger partial charge in [0.15, 0.2) is 9.76 Å². The third-order valence-corrected chi connectivity index (χ3v) is 9.77. The zero-order valence-electron chi connectivity index (χ0n) is 22.4. The first-order chi connectivity index (χ1) is 14.9. The van der Waals surface area contributed by atoms with Gasteiger partial charge in [-0.15, -0.1) is 0 Å². The third kappa shape index (κ3) is 7.09. The lowest BCUT2D eigenvalue weighted by Crippen LogP contribution is -2.37. The third-order valence-electron chi connectivity index (χ3n) is 6.49. The molecule has 1 atom stereocenters. The second-order valence-electron chi connectivity index (χ2n) is 11.7. The van der Waals surface area contributed by atoms with Gasteiger partial charge >= 0.3 is 6.09 Å². The Bertz CT molecular complexity index is 990. The summed E-state index contributed by atoms with van der Waals surface area (Å²) >= 11 is 3.68. The van der Waals surface area contributed by atoms with E-state index in [1.54, 1.807) is 0 Å². The molecule has 0 aliphatic rings. The minimum atomic E-state index is -0.805. The van der Waals surface area contributed by atoms with Crippen LogP contribution in [-0.2, 0) is 14.8 Å². The van der Waals surface area contributed by atoms with E-state index in [0.717, 1.165) is 21.1 Å². The minimum Gasteiger partial charge on any atom is -0.444 e. The number of fused-ring (bicyclic) bond motifs is 1. The lowest BCUT2D eigenvalue weighted by molar-refractivity contribution is 0.0520. The second kappa shape index (κ2) is 10.1. The molecule has 0 bridgehead atoms. The van der Waals surface area contributed by atoms with Crippen molar-refractivity contribution in [3.63, 3.8) is 0 Å². The molecule has 0 saturated carbocycles. The summed E-state index contributed by atoms with van der Waals surface area (Å²) < 4.78 is 15.6. The molecule has 0 aliphatic carbocycles. The van der Waals surface area contributed by atoms with Crippen LogP contribution in [0.15, 0.2) is 22.7 Å². The van der Waals surface area contributed by atoms with Crippen molar-refractivity contribution in [3.8, 4) is 0 Å². The van der Waals surface area contributed by atoms with Crippen LogP contribution >= 0.6 is 15.9 Å². The number of ether oxygens (including phenoxy) is 1. The molecule has 1 aromatic carbocycles. The molecule has 186 valence electrons. The van der Waals surface area contributed by atoms with Gasteiger partial charge in [0.2, 0.25) is 0 Å². The van der Waals surface area contributed by atoms with Crippen LogP contribution in [0.25, 0.3) is 10.9 Å². The highest BCUT2D eigenvalue weighted by atomic mass is 79.9. The quantitative estimate of drug-likeness (QED) is 0.368. The van der Waals surface area contributed by atoms with Crippen LogP contribution in [0.3, 0.4) is 0 Å². The Morgan fingerprint density at radius 3 is 2.24 bits per heavy atom. The number of carbonyl (C=O) groups is 1. The number of aromatic nitrogens is 1. The number of benzene rings is 1. The fourth-order valence-electron chi connectivity index (χ4n) is 3.53. The lowest BCUT2D eigenvalue weighted by Gasteiger charge is -2.35. The van der Waals surface area contributed by atoms with Gasteiger partial charge in [-0.05, 0) is 83.2 Å². The van der Waals surface area contributed by atoms with Crippen LogP contribution in [0, 0.1) is 12.8 Å². The molecule has 0 unspecified atom stereocenters. The topological polar surface area (TPSA) is 52.5 Å². The van der Waals surface area contributed by atoms with E-state index in [1.807, 2.05) is 20.8 Å². The Balaban J connectivity index is 2.43. The zero-order valence-corrected chi connectivity index (χ0v) is 25.4. The molecule has 0 radical (unpaired) electrons. The summed E-state index contributed by atoms with van der Waals surface area (Å²) in [6.07, 6.45) is -0.395. The highest BCUT2D eigenvalue weighted by Gasteiger charge is 2.33. The van der Waals surface area contributed by atoms with E-state index in [1.165, 1.54) is 5.56 Å². The average molecular weight is 540 g/mol. The number of alkyl carbamates (subject to hydrolysis) is 1. The van der Waals surface area contributed by atoms with Gasteiger partial charge in [0.05, 0.1) is 5.60 Å². The zero-order chi connectivity index (χ0) is 25.4. The van der Waals surface area contributed by atoms with E-state index in [4.69, 9.17) is 9.16 Å². The second-order valence-corrected chi connectivity index (χ2v) is 15.0. The summed E-state index contributed by atoms with van der Waals surface area (Å²) in [5.74, 6) is 0.571. The molecule has 5 nitrogen and oxygen atoms in total. The molecule has 0 saturated heterocycles. The molecular formula is C26H43BrN2O3Si. The molecule has 2 rings (SSSR count). The van der Waals surface area contributed by atoms with E-state index >= 15 is 0 Å². The molecule has 33 heavy (non-hydrogen) atoms. The van der Waals surface area contributed by atoms with Crippen LogP contribution in [0.5, 0.6) is 0 Å². The van der Waals surface area contributed by atoms with Crippen LogP contribution in [0.4, 0.5) is 4.79 Å². The molecule has 1 amide bonds. The van der Waals surface area contributed by atoms with Crippen molar-refractivity contribution >= 4 is 42.7 Å². The molecule has 2 aromatic rings. The Kier molecular flexibility index (Phi) is 8.57. The maximum atomic E-state index is 12.3. The van der Waals surface area contributed by atoms with E-state index in [0.29, 0.717) is 12.5 Å². The largest absolute Gasteiger partial charge is 0.444 e. The standard InChI is InChI=1S/C26H43BrN2O3Si/c1-16(2)26(10,11)33-32-25(8,9)22-14-19-13-20(27)17(3)12-21(19)29(22)18(4)15-28-23(30)31-24(5,6)7/h12-14,16,18H,15,33H2,1-11H3,(H,28,30)/t18-/m1/s1. The molecule has 0 aliphatic heterocycles. The Hall–Kier alpha value is -1.31. The number of aryl methyl sites for hydroxylation is 1. The average Bonchev–Trinajstić information content (AvgIpc) is 3.03. The number of nitrogens with zero attached hydrogens (tertiary/aromatic N) is 1. The first-order valence-electron chi connectivity index (χ1n) is 11.9. The first kappa shape index (κ1) is 27.9. The SMILES string of the molecule is Cc1cc2c(cc1Br)cc(C(C)(C)O[SiH2]C(C)(C)C(C)C)n2[C@H](C)CNC(=O)OC(C)(C)C. The van der Waals surface area contributed by atoms with Gasteiger partial charge in [0.25, 0.3) is 0 Å². The maximum absolute atomic E-state index is 12.3. The number of rotatable bonds is 8. The van der Waals surface area contributed by atoms with Crippen LogP contribution in [-0.4, -0.2) is 32.6 Å². The van der Waals surface area contributed by atoms with Crippen molar-refractivity contribution in [1.82, 2.24) is 9.88 Å². The van der Waals surface area contributed by atoms with Crippen molar-refractivity contribution < 1.29 is 14.0 Å². The van der Waals surface area contributed by atoms with Gasteiger partial charge in [0.1, 0.15) is 5.60 Å². The van der Waals surface area contributed by atoms with Crippen molar-refractivity contribution in [2.45, 2.75) is 98.4 Å². The first-order valence-corrected chi connectivity index (χ1v) is 13.9. The Morgan fingerprint density at radius 2 is 1.70 bits per heavy atom. The van der Waals surface area contributed by atoms with E-state index in [2.05, 4.69) is 99.4 Å². The Morgan fingerprint density at radius 1 is 1.09 bits per heavy atom. The van der Waals surface area contributed by atoms with Crippen LogP contribution in [0.2, 0.25) is 5.04 Å². The smallest absolute Gasteiger partial charge is 0.407 e. The Labute approximate surface area is 211 Å². The minimum absolute atomic E-state index is 0.0215. The maximum Gasteiger partial charge on any atom is 0.407 e. The van der Waals surface area contributed by atoms with Gasteiger partial charge in [-0.1, -0.05) is 43.6 Å². The number of nitrogens with one attached hydrogen (secondary N) is 1. The summed E-state index contributed by atoms with van der Waals surface area (Å²) in [6, 6.07) is 6.64. The predicted octanol–water partition coefficient (Wildman–Crippen LogP) is 6.99. The number of amides is 1. The molecule has 1 heterocycles. The van der Waals surface area contributed by atoms with Gasteiger partial charge < -0.3 is 19.0 Å². The molecule has 7 heteroatoms. The van der Waals surface area contributed by atoms with E-state index in [-0.39, 0.29) is 11.1 Å². The molecule has 1 N–H and O–H groups in total. The molecular weight excluding hydrogens is 496 g/mol. The van der Waals surface area contributed by atoms with Gasteiger partial charge in [0, 0.05) is 33.7 Å². The summed E-state index contributed by atoms with van der Waals surface area (Å²) in [5, 5.41) is 4.31. The summed E-state index contributed by atoms with van der Waals surface area (Å²) in [4.78, 5) is 12.3. The van der Waals surface area contributed by atoms with E-state index < -0.39 is 27.1 Å². The van der Waals surface area contributed by atoms with Crippen molar-refractivity contribution in [2.24, 2.45) is 5.92 Å². The fourth-order valence-corrected chi connectivity index (χ4v) is 5.11. The summed E-state index contributed by atoms with van der Waals surface area (Å²) in [7, 11) is -0.805. The number of hydrogen-bond acceptors (Lipinski definition) is 3. The highest BCUT2D eigenvalue weighted by molar-refractivity contribution is 9.10. The monoisotopic (exact) mass is 538 g/mol. The van der Waals surface area contributed by atoms with Crippen LogP contribution in [0.1, 0.15) is 86.5 Å². The van der Waals surface area contributed by atoms with Crippen molar-refractivity contribution in [2.75, 3.05) is 6.54 Å². The summed E-state index contributed by atoms with van der Waals surface area (Å²) in [6.45, 7) is 23.8. The molecule has 0 fully saturated rings. The van der Waals surface area contributed by atoms with Gasteiger partial charge in [-0.25, -0.2) is 4.79 Å². The van der Waals surface area contributed by atoms with Gasteiger partial charge in [-0.3, -0.25) is 0 Å². The summed E-state index contributed by atoms with van der Waals surface area (Å²) in [5.41, 5.74) is 2.48. The number of carbonyl (C=O) groups excluding carboxylic acids is 1. The van der Waals surface area contributed by atoms with Crippen LogP contribution < -0.4 is 5.32 Å².